The Bertz CT molecular complexity index is 1500. The van der Waals surface area contributed by atoms with Gasteiger partial charge in [0.25, 0.3) is 0 Å². The average Bonchev–Trinajstić information content (AvgIpc) is 3.32. The summed E-state index contributed by atoms with van der Waals surface area (Å²) in [6.07, 6.45) is -3.17. The summed E-state index contributed by atoms with van der Waals surface area (Å²) in [7, 11) is 0. The van der Waals surface area contributed by atoms with Crippen LogP contribution in [0.15, 0.2) is 79.3 Å². The van der Waals surface area contributed by atoms with E-state index in [2.05, 4.69) is 15.3 Å². The molecule has 216 valence electrons. The number of hydrogen-bond donors (Lipinski definition) is 2. The lowest BCUT2D eigenvalue weighted by molar-refractivity contribution is -0.143. The molecule has 2 heterocycles. The highest BCUT2D eigenvalue weighted by Gasteiger charge is 2.37. The molecule has 0 aliphatic carbocycles. The largest absolute Gasteiger partial charge is 0.416 e. The molecular weight excluding hydrogens is 572 g/mol. The number of halogens is 7. The second-order valence-corrected chi connectivity index (χ2v) is 9.12. The molecule has 0 saturated carbocycles. The Morgan fingerprint density at radius 3 is 2.20 bits per heavy atom. The van der Waals surface area contributed by atoms with Gasteiger partial charge in [0.05, 0.1) is 17.2 Å². The molecule has 2 aromatic heterocycles. The third-order valence-corrected chi connectivity index (χ3v) is 6.24. The normalized spacial score (nSPS) is 12.7. The Morgan fingerprint density at radius 2 is 1.56 bits per heavy atom. The van der Waals surface area contributed by atoms with E-state index in [4.69, 9.17) is 0 Å². The van der Waals surface area contributed by atoms with Gasteiger partial charge in [-0.2, -0.15) is 26.3 Å². The van der Waals surface area contributed by atoms with Crippen LogP contribution in [0, 0.1) is 0 Å². The van der Waals surface area contributed by atoms with E-state index in [1.165, 1.54) is 12.2 Å². The fourth-order valence-corrected chi connectivity index (χ4v) is 4.24. The van der Waals surface area contributed by atoms with Crippen LogP contribution in [0.3, 0.4) is 0 Å². The van der Waals surface area contributed by atoms with E-state index in [0.29, 0.717) is 23.3 Å². The number of alkyl halides is 6. The summed E-state index contributed by atoms with van der Waals surface area (Å²) in [6, 6.07) is 10.8. The standard InChI is InChI=1S/C29H23F6N3O2.ClH/c30-28(31,32)21-13-19(14-22(16-21)29(33,34)35)5-7-26(39)25(15-20-17-37-24-4-2-1-3-23(20)24)38-27(40)8-6-18-9-11-36-12-10-18;/h1-4,6,8-14,16-17,25,37H,5,7,15H2,(H,38,40);1H. The van der Waals surface area contributed by atoms with Crippen molar-refractivity contribution < 1.29 is 35.9 Å². The molecule has 5 nitrogen and oxygen atoms in total. The Labute approximate surface area is 237 Å². The number of nitrogens with zero attached hydrogens (tertiary/aromatic N) is 1. The molecule has 1 amide bonds. The Hall–Kier alpha value is -4.12. The molecule has 1 unspecified atom stereocenters. The molecule has 0 bridgehead atoms. The third kappa shape index (κ3) is 8.43. The van der Waals surface area contributed by atoms with Crippen LogP contribution in [0.4, 0.5) is 26.3 Å². The van der Waals surface area contributed by atoms with Crippen molar-refractivity contribution in [3.8, 4) is 0 Å². The summed E-state index contributed by atoms with van der Waals surface area (Å²) < 4.78 is 79.5. The van der Waals surface area contributed by atoms with E-state index in [0.717, 1.165) is 10.9 Å². The number of amides is 1. The van der Waals surface area contributed by atoms with Crippen molar-refractivity contribution in [1.82, 2.24) is 15.3 Å². The molecule has 0 aliphatic heterocycles. The van der Waals surface area contributed by atoms with Crippen LogP contribution in [0.5, 0.6) is 0 Å². The van der Waals surface area contributed by atoms with Crippen molar-refractivity contribution in [2.24, 2.45) is 0 Å². The average molecular weight is 596 g/mol. The molecule has 0 saturated heterocycles. The van der Waals surface area contributed by atoms with E-state index in [-0.39, 0.29) is 43.3 Å². The number of ketones is 1. The minimum atomic E-state index is -4.99. The van der Waals surface area contributed by atoms with Crippen molar-refractivity contribution in [2.45, 2.75) is 37.7 Å². The van der Waals surface area contributed by atoms with Crippen molar-refractivity contribution in [3.63, 3.8) is 0 Å². The number of hydrogen-bond acceptors (Lipinski definition) is 3. The highest BCUT2D eigenvalue weighted by atomic mass is 35.5. The molecule has 2 aromatic carbocycles. The number of fused-ring (bicyclic) bond motifs is 1. The Kier molecular flexibility index (Phi) is 9.98. The zero-order chi connectivity index (χ0) is 28.9. The molecule has 1 atom stereocenters. The number of aromatic amines is 1. The van der Waals surface area contributed by atoms with Crippen LogP contribution in [0.2, 0.25) is 0 Å². The Morgan fingerprint density at radius 1 is 0.927 bits per heavy atom. The van der Waals surface area contributed by atoms with Crippen molar-refractivity contribution in [2.75, 3.05) is 0 Å². The summed E-state index contributed by atoms with van der Waals surface area (Å²) >= 11 is 0. The van der Waals surface area contributed by atoms with E-state index in [1.807, 2.05) is 18.2 Å². The third-order valence-electron chi connectivity index (χ3n) is 6.24. The second-order valence-electron chi connectivity index (χ2n) is 9.12. The lowest BCUT2D eigenvalue weighted by Gasteiger charge is -2.18. The number of para-hydroxylation sites is 1. The number of carbonyl (C=O) groups excluding carboxylic acids is 2. The summed E-state index contributed by atoms with van der Waals surface area (Å²) in [5.41, 5.74) is -0.980. The monoisotopic (exact) mass is 595 g/mol. The van der Waals surface area contributed by atoms with Gasteiger partial charge in [0.15, 0.2) is 5.78 Å². The highest BCUT2D eigenvalue weighted by Crippen LogP contribution is 2.36. The predicted octanol–water partition coefficient (Wildman–Crippen LogP) is 6.96. The van der Waals surface area contributed by atoms with Gasteiger partial charge in [0, 0.05) is 48.4 Å². The summed E-state index contributed by atoms with van der Waals surface area (Å²) in [4.78, 5) is 32.9. The molecule has 41 heavy (non-hydrogen) atoms. The fourth-order valence-electron chi connectivity index (χ4n) is 4.24. The van der Waals surface area contributed by atoms with Gasteiger partial charge >= 0.3 is 12.4 Å². The molecule has 0 fully saturated rings. The zero-order valence-corrected chi connectivity index (χ0v) is 22.0. The van der Waals surface area contributed by atoms with Gasteiger partial charge in [-0.25, -0.2) is 0 Å². The van der Waals surface area contributed by atoms with Gasteiger partial charge in [0.2, 0.25) is 5.91 Å². The zero-order valence-electron chi connectivity index (χ0n) is 21.2. The van der Waals surface area contributed by atoms with Crippen molar-refractivity contribution in [3.05, 3.63) is 107 Å². The van der Waals surface area contributed by atoms with Crippen LogP contribution < -0.4 is 5.32 Å². The van der Waals surface area contributed by atoms with Crippen LogP contribution in [0.25, 0.3) is 17.0 Å². The first-order chi connectivity index (χ1) is 18.9. The number of benzene rings is 2. The quantitative estimate of drug-likeness (QED) is 0.162. The fraction of sp³-hybridized carbons (Fsp3) is 0.207. The minimum Gasteiger partial charge on any atom is -0.361 e. The number of pyridine rings is 1. The topological polar surface area (TPSA) is 74.8 Å². The SMILES string of the molecule is Cl.O=C(C=Cc1ccncc1)NC(Cc1c[nH]c2ccccc12)C(=O)CCc1cc(C(F)(F)F)cc(C(F)(F)F)c1. The van der Waals surface area contributed by atoms with Crippen LogP contribution >= 0.6 is 12.4 Å². The number of aryl methyl sites for hydroxylation is 1. The van der Waals surface area contributed by atoms with Gasteiger partial charge in [-0.1, -0.05) is 18.2 Å². The van der Waals surface area contributed by atoms with E-state index < -0.39 is 41.2 Å². The van der Waals surface area contributed by atoms with Crippen molar-refractivity contribution >= 4 is 41.1 Å². The maximum absolute atomic E-state index is 13.3. The first-order valence-electron chi connectivity index (χ1n) is 12.1. The minimum absolute atomic E-state index is 0. The lowest BCUT2D eigenvalue weighted by atomic mass is 9.95. The van der Waals surface area contributed by atoms with E-state index in [1.54, 1.807) is 36.8 Å². The summed E-state index contributed by atoms with van der Waals surface area (Å²) in [5, 5.41) is 3.45. The summed E-state index contributed by atoms with van der Waals surface area (Å²) in [5.74, 6) is -1.13. The predicted molar refractivity (Wildman–Crippen MR) is 144 cm³/mol. The van der Waals surface area contributed by atoms with Crippen LogP contribution in [0.1, 0.15) is 34.2 Å². The number of rotatable bonds is 9. The number of H-pyrrole nitrogens is 1. The molecule has 12 heteroatoms. The first kappa shape index (κ1) is 31.4. The molecule has 0 radical (unpaired) electrons. The maximum Gasteiger partial charge on any atom is 0.416 e. The van der Waals surface area contributed by atoms with Crippen molar-refractivity contribution in [1.29, 1.82) is 0 Å². The number of carbonyl (C=O) groups is 2. The molecule has 0 spiro atoms. The number of nitrogens with one attached hydrogen (secondary N) is 2. The molecule has 4 rings (SSSR count). The smallest absolute Gasteiger partial charge is 0.361 e. The molecule has 2 N–H and O–H groups in total. The maximum atomic E-state index is 13.3. The van der Waals surface area contributed by atoms with Crippen LogP contribution in [-0.4, -0.2) is 27.7 Å². The van der Waals surface area contributed by atoms with Gasteiger partial charge in [-0.3, -0.25) is 14.6 Å². The molecule has 0 aliphatic rings. The lowest BCUT2D eigenvalue weighted by Crippen LogP contribution is -2.41. The Balaban J connectivity index is 0.00000462. The van der Waals surface area contributed by atoms with Gasteiger partial charge < -0.3 is 10.3 Å². The summed E-state index contributed by atoms with van der Waals surface area (Å²) in [6.45, 7) is 0. The van der Waals surface area contributed by atoms with E-state index in [9.17, 15) is 35.9 Å². The first-order valence-corrected chi connectivity index (χ1v) is 12.1. The number of aromatic nitrogens is 2. The number of Topliss-reactive ketones (excluding diaryl/α,β-unsaturated/α-hetero) is 1. The van der Waals surface area contributed by atoms with E-state index >= 15 is 0 Å². The molecular formula is C29H24ClF6N3O2. The van der Waals surface area contributed by atoms with Gasteiger partial charge in [-0.05, 0) is 65.6 Å². The second kappa shape index (κ2) is 13.0. The van der Waals surface area contributed by atoms with Gasteiger partial charge in [-0.15, -0.1) is 12.4 Å². The van der Waals surface area contributed by atoms with Crippen LogP contribution in [-0.2, 0) is 34.8 Å². The molecule has 4 aromatic rings. The highest BCUT2D eigenvalue weighted by molar-refractivity contribution is 5.96. The van der Waals surface area contributed by atoms with Gasteiger partial charge in [0.1, 0.15) is 0 Å².